The highest BCUT2D eigenvalue weighted by atomic mass is 32.2. The minimum Gasteiger partial charge on any atom is -0.469 e. The maximum Gasteiger partial charge on any atom is 0.309 e. The molecule has 0 aliphatic heterocycles. The number of rotatable bonds is 7. The predicted octanol–water partition coefficient (Wildman–Crippen LogP) is 1.82. The van der Waals surface area contributed by atoms with Gasteiger partial charge in [-0.1, -0.05) is 6.92 Å². The van der Waals surface area contributed by atoms with Crippen molar-refractivity contribution in [3.63, 3.8) is 0 Å². The van der Waals surface area contributed by atoms with Crippen LogP contribution in [0.5, 0.6) is 0 Å². The number of ether oxygens (including phenoxy) is 1. The number of methoxy groups -OCH3 is 1. The lowest BCUT2D eigenvalue weighted by Crippen LogP contribution is -2.23. The number of thioether (sulfide) groups is 1. The van der Waals surface area contributed by atoms with Crippen molar-refractivity contribution in [2.75, 3.05) is 27.0 Å². The largest absolute Gasteiger partial charge is 0.469 e. The number of esters is 1. The third kappa shape index (κ3) is 5.50. The number of aromatic nitrogens is 1. The summed E-state index contributed by atoms with van der Waals surface area (Å²) < 4.78 is 4.68. The molecule has 7 heteroatoms. The summed E-state index contributed by atoms with van der Waals surface area (Å²) >= 11 is 3.15. The van der Waals surface area contributed by atoms with Crippen molar-refractivity contribution in [2.45, 2.75) is 19.1 Å². The lowest BCUT2D eigenvalue weighted by molar-refractivity contribution is -0.144. The summed E-state index contributed by atoms with van der Waals surface area (Å²) in [5.41, 5.74) is 0.957. The van der Waals surface area contributed by atoms with E-state index in [0.717, 1.165) is 16.5 Å². The van der Waals surface area contributed by atoms with Crippen LogP contribution in [-0.4, -0.2) is 48.7 Å². The molecule has 1 unspecified atom stereocenters. The van der Waals surface area contributed by atoms with Crippen LogP contribution in [0, 0.1) is 5.92 Å². The molecule has 0 aliphatic carbocycles. The molecule has 1 atom stereocenters. The van der Waals surface area contributed by atoms with Gasteiger partial charge in [0, 0.05) is 31.0 Å². The molecular formula is C13H20N2O3S2. The molecule has 1 aromatic heterocycles. The molecule has 0 aliphatic rings. The summed E-state index contributed by atoms with van der Waals surface area (Å²) in [5.74, 6) is 1.20. The van der Waals surface area contributed by atoms with Crippen molar-refractivity contribution < 1.29 is 14.3 Å². The monoisotopic (exact) mass is 316 g/mol. The van der Waals surface area contributed by atoms with Crippen LogP contribution in [0.25, 0.3) is 0 Å². The van der Waals surface area contributed by atoms with Gasteiger partial charge in [0.15, 0.2) is 0 Å². The Balaban J connectivity index is 2.37. The van der Waals surface area contributed by atoms with Crippen LogP contribution in [0.3, 0.4) is 0 Å². The van der Waals surface area contributed by atoms with E-state index in [2.05, 4.69) is 9.72 Å². The van der Waals surface area contributed by atoms with Crippen LogP contribution in [0.4, 0.5) is 0 Å². The van der Waals surface area contributed by atoms with Gasteiger partial charge in [-0.25, -0.2) is 4.98 Å². The highest BCUT2D eigenvalue weighted by Gasteiger charge is 2.14. The first-order valence-electron chi connectivity index (χ1n) is 6.23. The van der Waals surface area contributed by atoms with E-state index in [9.17, 15) is 9.59 Å². The lowest BCUT2D eigenvalue weighted by atomic mass is 10.2. The van der Waals surface area contributed by atoms with Crippen LogP contribution in [0.2, 0.25) is 0 Å². The van der Waals surface area contributed by atoms with Gasteiger partial charge in [0.1, 0.15) is 5.01 Å². The molecule has 0 saturated heterocycles. The fourth-order valence-electron chi connectivity index (χ4n) is 1.39. The van der Waals surface area contributed by atoms with E-state index >= 15 is 0 Å². The van der Waals surface area contributed by atoms with E-state index in [-0.39, 0.29) is 17.8 Å². The molecule has 1 rings (SSSR count). The van der Waals surface area contributed by atoms with Crippen molar-refractivity contribution in [3.05, 3.63) is 16.1 Å². The van der Waals surface area contributed by atoms with Gasteiger partial charge in [0.25, 0.3) is 0 Å². The first-order chi connectivity index (χ1) is 9.43. The van der Waals surface area contributed by atoms with Gasteiger partial charge in [-0.2, -0.15) is 11.8 Å². The molecule has 5 nitrogen and oxygen atoms in total. The minimum absolute atomic E-state index is 0.0536. The number of carbonyl (C=O) groups excluding carboxylic acids is 2. The summed E-state index contributed by atoms with van der Waals surface area (Å²) in [6.45, 7) is 1.85. The summed E-state index contributed by atoms with van der Waals surface area (Å²) in [6.07, 6.45) is 0.348. The molecule has 0 bridgehead atoms. The highest BCUT2D eigenvalue weighted by molar-refractivity contribution is 7.98. The molecular weight excluding hydrogens is 296 g/mol. The normalized spacial score (nSPS) is 12.0. The Hall–Kier alpha value is -1.08. The van der Waals surface area contributed by atoms with Gasteiger partial charge in [-0.15, -0.1) is 11.3 Å². The van der Waals surface area contributed by atoms with E-state index in [4.69, 9.17) is 0 Å². The smallest absolute Gasteiger partial charge is 0.309 e. The van der Waals surface area contributed by atoms with Gasteiger partial charge < -0.3 is 9.64 Å². The second-order valence-corrected chi connectivity index (χ2v) is 6.61. The molecule has 1 aromatic rings. The first kappa shape index (κ1) is 17.0. The zero-order valence-corrected chi connectivity index (χ0v) is 13.8. The van der Waals surface area contributed by atoms with Crippen molar-refractivity contribution in [3.8, 4) is 0 Å². The lowest BCUT2D eigenvalue weighted by Gasteiger charge is -2.08. The Bertz CT molecular complexity index is 460. The van der Waals surface area contributed by atoms with Crippen molar-refractivity contribution >= 4 is 35.0 Å². The topological polar surface area (TPSA) is 59.5 Å². The summed E-state index contributed by atoms with van der Waals surface area (Å²) in [5, 5.41) is 2.80. The number of carbonyl (C=O) groups is 2. The summed E-state index contributed by atoms with van der Waals surface area (Å²) in [4.78, 5) is 28.8. The Morgan fingerprint density at radius 1 is 1.50 bits per heavy atom. The van der Waals surface area contributed by atoms with Gasteiger partial charge in [0.05, 0.1) is 25.1 Å². The van der Waals surface area contributed by atoms with E-state index < -0.39 is 0 Å². The Morgan fingerprint density at radius 3 is 2.80 bits per heavy atom. The Morgan fingerprint density at radius 2 is 2.20 bits per heavy atom. The van der Waals surface area contributed by atoms with Crippen LogP contribution in [0.15, 0.2) is 5.38 Å². The molecule has 1 heterocycles. The third-order valence-electron chi connectivity index (χ3n) is 2.62. The standard InChI is InChI=1S/C13H20N2O3S2/c1-9(13(17)18-4)6-19-7-10-8-20-11(14-10)5-12(16)15(2)3/h8-9H,5-7H2,1-4H3. The number of likely N-dealkylation sites (N-methyl/N-ethyl adjacent to an activating group) is 1. The molecule has 0 aromatic carbocycles. The highest BCUT2D eigenvalue weighted by Crippen LogP contribution is 2.19. The minimum atomic E-state index is -0.187. The molecule has 0 N–H and O–H groups in total. The maximum atomic E-state index is 11.6. The second kappa shape index (κ2) is 8.26. The summed E-state index contributed by atoms with van der Waals surface area (Å²) in [6, 6.07) is 0. The second-order valence-electron chi connectivity index (χ2n) is 4.64. The van der Waals surface area contributed by atoms with Crippen LogP contribution in [-0.2, 0) is 26.5 Å². The molecule has 0 radical (unpaired) electrons. The van der Waals surface area contributed by atoms with E-state index in [1.807, 2.05) is 12.3 Å². The van der Waals surface area contributed by atoms with Crippen LogP contribution < -0.4 is 0 Å². The molecule has 0 spiro atoms. The fourth-order valence-corrected chi connectivity index (χ4v) is 3.25. The Kier molecular flexibility index (Phi) is 7.01. The quantitative estimate of drug-likeness (QED) is 0.718. The van der Waals surface area contributed by atoms with Gasteiger partial charge >= 0.3 is 5.97 Å². The van der Waals surface area contributed by atoms with Crippen molar-refractivity contribution in [2.24, 2.45) is 5.92 Å². The zero-order chi connectivity index (χ0) is 15.1. The van der Waals surface area contributed by atoms with Crippen molar-refractivity contribution in [1.82, 2.24) is 9.88 Å². The van der Waals surface area contributed by atoms with Crippen molar-refractivity contribution in [1.29, 1.82) is 0 Å². The number of hydrogen-bond donors (Lipinski definition) is 0. The number of nitrogens with zero attached hydrogens (tertiary/aromatic N) is 2. The number of hydrogen-bond acceptors (Lipinski definition) is 6. The fraction of sp³-hybridized carbons (Fsp3) is 0.615. The third-order valence-corrected chi connectivity index (χ3v) is 4.76. The van der Waals surface area contributed by atoms with Crippen LogP contribution >= 0.6 is 23.1 Å². The molecule has 20 heavy (non-hydrogen) atoms. The molecule has 1 amide bonds. The SMILES string of the molecule is COC(=O)C(C)CSCc1csc(CC(=O)N(C)C)n1. The summed E-state index contributed by atoms with van der Waals surface area (Å²) in [7, 11) is 4.87. The first-order valence-corrected chi connectivity index (χ1v) is 8.26. The van der Waals surface area contributed by atoms with E-state index in [0.29, 0.717) is 12.2 Å². The number of amides is 1. The van der Waals surface area contributed by atoms with Crippen LogP contribution in [0.1, 0.15) is 17.6 Å². The van der Waals surface area contributed by atoms with Gasteiger partial charge in [0.2, 0.25) is 5.91 Å². The molecule has 0 fully saturated rings. The average molecular weight is 316 g/mol. The van der Waals surface area contributed by atoms with Gasteiger partial charge in [-0.05, 0) is 0 Å². The van der Waals surface area contributed by atoms with Gasteiger partial charge in [-0.3, -0.25) is 9.59 Å². The average Bonchev–Trinajstić information content (AvgIpc) is 2.85. The predicted molar refractivity (Wildman–Crippen MR) is 81.9 cm³/mol. The molecule has 112 valence electrons. The van der Waals surface area contributed by atoms with E-state index in [1.165, 1.54) is 18.4 Å². The zero-order valence-electron chi connectivity index (χ0n) is 12.2. The molecule has 0 saturated carbocycles. The Labute approximate surface area is 127 Å². The maximum absolute atomic E-state index is 11.6. The van der Waals surface area contributed by atoms with E-state index in [1.54, 1.807) is 30.8 Å². The number of thiazole rings is 1.